The molecule has 0 fully saturated rings. The van der Waals surface area contributed by atoms with Crippen molar-refractivity contribution in [2.24, 2.45) is 0 Å². The predicted octanol–water partition coefficient (Wildman–Crippen LogP) is 3.59. The molecule has 1 aromatic rings. The quantitative estimate of drug-likeness (QED) is 0.762. The Labute approximate surface area is 122 Å². The Hall–Kier alpha value is -1.28. The molecule has 0 saturated carbocycles. The Morgan fingerprint density at radius 3 is 2.75 bits per heavy atom. The monoisotopic (exact) mass is 271 g/mol. The van der Waals surface area contributed by atoms with Gasteiger partial charge in [-0.1, -0.05) is 23.3 Å². The smallest absolute Gasteiger partial charge is 0.122 e. The first-order valence-corrected chi connectivity index (χ1v) is 7.73. The van der Waals surface area contributed by atoms with E-state index >= 15 is 0 Å². The third kappa shape index (κ3) is 2.49. The Morgan fingerprint density at radius 1 is 1.15 bits per heavy atom. The van der Waals surface area contributed by atoms with Gasteiger partial charge in [-0.2, -0.15) is 0 Å². The maximum absolute atomic E-state index is 5.56. The highest BCUT2D eigenvalue weighted by atomic mass is 16.5. The van der Waals surface area contributed by atoms with Crippen LogP contribution in [0.1, 0.15) is 37.8 Å². The highest BCUT2D eigenvalue weighted by Crippen LogP contribution is 2.32. The fourth-order valence-electron chi connectivity index (χ4n) is 3.59. The lowest BCUT2D eigenvalue weighted by molar-refractivity contribution is 0.186. The molecule has 2 aliphatic rings. The van der Waals surface area contributed by atoms with Gasteiger partial charge in [-0.05, 0) is 56.7 Å². The van der Waals surface area contributed by atoms with Crippen molar-refractivity contribution in [2.45, 2.75) is 45.6 Å². The van der Waals surface area contributed by atoms with E-state index in [1.807, 2.05) is 0 Å². The number of fused-ring (bicyclic) bond motifs is 1. The van der Waals surface area contributed by atoms with Gasteiger partial charge in [0.25, 0.3) is 0 Å². The maximum atomic E-state index is 5.56. The highest BCUT2D eigenvalue weighted by Gasteiger charge is 2.27. The van der Waals surface area contributed by atoms with Gasteiger partial charge in [-0.3, -0.25) is 4.90 Å². The Morgan fingerprint density at radius 2 is 2.00 bits per heavy atom. The number of aryl methyl sites for hydroxylation is 1. The third-order valence-electron chi connectivity index (χ3n) is 5.10. The number of rotatable bonds is 2. The first kappa shape index (κ1) is 13.7. The van der Waals surface area contributed by atoms with Crippen LogP contribution in [0.5, 0.6) is 5.75 Å². The molecular formula is C18H25NO. The van der Waals surface area contributed by atoms with Crippen molar-refractivity contribution in [3.8, 4) is 5.75 Å². The van der Waals surface area contributed by atoms with Crippen LogP contribution in [0.25, 0.3) is 0 Å². The molecule has 0 aromatic heterocycles. The van der Waals surface area contributed by atoms with Crippen LogP contribution in [-0.4, -0.2) is 31.1 Å². The lowest BCUT2D eigenvalue weighted by Gasteiger charge is -2.38. The maximum Gasteiger partial charge on any atom is 0.122 e. The predicted molar refractivity (Wildman–Crippen MR) is 83.4 cm³/mol. The zero-order valence-electron chi connectivity index (χ0n) is 12.9. The lowest BCUT2D eigenvalue weighted by Crippen LogP contribution is -2.42. The van der Waals surface area contributed by atoms with E-state index in [0.717, 1.165) is 18.7 Å². The summed E-state index contributed by atoms with van der Waals surface area (Å²) in [7, 11) is 1.79. The summed E-state index contributed by atoms with van der Waals surface area (Å²) >= 11 is 0. The van der Waals surface area contributed by atoms with E-state index < -0.39 is 0 Å². The number of ether oxygens (including phenoxy) is 1. The first-order valence-electron chi connectivity index (χ1n) is 7.73. The number of hydrogen-bond acceptors (Lipinski definition) is 2. The van der Waals surface area contributed by atoms with Crippen LogP contribution < -0.4 is 4.74 Å². The minimum atomic E-state index is 0.682. The average Bonchev–Trinajstić information content (AvgIpc) is 2.49. The molecular weight excluding hydrogens is 246 g/mol. The van der Waals surface area contributed by atoms with E-state index in [1.165, 1.54) is 36.9 Å². The van der Waals surface area contributed by atoms with Crippen LogP contribution in [0.4, 0.5) is 0 Å². The van der Waals surface area contributed by atoms with Crippen molar-refractivity contribution < 1.29 is 4.74 Å². The molecule has 2 heteroatoms. The van der Waals surface area contributed by atoms with Crippen molar-refractivity contribution in [2.75, 3.05) is 20.2 Å². The summed E-state index contributed by atoms with van der Waals surface area (Å²) in [6.45, 7) is 6.95. The molecule has 20 heavy (non-hydrogen) atoms. The first-order chi connectivity index (χ1) is 9.69. The van der Waals surface area contributed by atoms with E-state index in [0.29, 0.717) is 6.04 Å². The SMILES string of the molecule is COc1cccc2c1CC(N1CCC(C)=C(C)C1)CC2. The van der Waals surface area contributed by atoms with Gasteiger partial charge < -0.3 is 4.74 Å². The number of methoxy groups -OCH3 is 1. The molecule has 2 nitrogen and oxygen atoms in total. The molecule has 1 unspecified atom stereocenters. The molecule has 0 radical (unpaired) electrons. The summed E-state index contributed by atoms with van der Waals surface area (Å²) in [5.41, 5.74) is 6.09. The van der Waals surface area contributed by atoms with Crippen molar-refractivity contribution >= 4 is 0 Å². The van der Waals surface area contributed by atoms with Crippen LogP contribution in [-0.2, 0) is 12.8 Å². The molecule has 1 atom stereocenters. The van der Waals surface area contributed by atoms with Gasteiger partial charge in [0.05, 0.1) is 7.11 Å². The lowest BCUT2D eigenvalue weighted by atomic mass is 9.86. The summed E-state index contributed by atoms with van der Waals surface area (Å²) in [6.07, 6.45) is 4.86. The normalized spacial score (nSPS) is 23.6. The fourth-order valence-corrected chi connectivity index (χ4v) is 3.59. The number of hydrogen-bond donors (Lipinski definition) is 0. The van der Waals surface area contributed by atoms with Crippen molar-refractivity contribution in [3.05, 3.63) is 40.5 Å². The fraction of sp³-hybridized carbons (Fsp3) is 0.556. The molecule has 0 spiro atoms. The molecule has 1 aromatic carbocycles. The van der Waals surface area contributed by atoms with Gasteiger partial charge in [0.1, 0.15) is 5.75 Å². The van der Waals surface area contributed by atoms with E-state index in [-0.39, 0.29) is 0 Å². The van der Waals surface area contributed by atoms with Crippen LogP contribution in [0.3, 0.4) is 0 Å². The number of nitrogens with zero attached hydrogens (tertiary/aromatic N) is 1. The van der Waals surface area contributed by atoms with E-state index in [4.69, 9.17) is 4.74 Å². The molecule has 0 saturated heterocycles. The average molecular weight is 271 g/mol. The second-order valence-corrected chi connectivity index (χ2v) is 6.28. The second-order valence-electron chi connectivity index (χ2n) is 6.28. The Kier molecular flexibility index (Phi) is 3.84. The molecule has 0 N–H and O–H groups in total. The molecule has 0 bridgehead atoms. The summed E-state index contributed by atoms with van der Waals surface area (Å²) in [5, 5.41) is 0. The molecule has 108 valence electrons. The molecule has 0 amide bonds. The standard InChI is InChI=1S/C18H25NO/c1-13-9-10-19(12-14(13)2)16-8-7-15-5-4-6-18(20-3)17(15)11-16/h4-6,16H,7-12H2,1-3H3. The van der Waals surface area contributed by atoms with Crippen LogP contribution in [0.2, 0.25) is 0 Å². The highest BCUT2D eigenvalue weighted by molar-refractivity contribution is 5.42. The largest absolute Gasteiger partial charge is 0.496 e. The zero-order chi connectivity index (χ0) is 14.1. The van der Waals surface area contributed by atoms with Crippen molar-refractivity contribution in [3.63, 3.8) is 0 Å². The van der Waals surface area contributed by atoms with Gasteiger partial charge in [-0.15, -0.1) is 0 Å². The van der Waals surface area contributed by atoms with E-state index in [2.05, 4.69) is 36.9 Å². The van der Waals surface area contributed by atoms with Gasteiger partial charge in [0.15, 0.2) is 0 Å². The molecule has 1 aliphatic carbocycles. The minimum Gasteiger partial charge on any atom is -0.496 e. The molecule has 1 aliphatic heterocycles. The van der Waals surface area contributed by atoms with Gasteiger partial charge in [0.2, 0.25) is 0 Å². The Balaban J connectivity index is 1.79. The Bertz CT molecular complexity index is 518. The summed E-state index contributed by atoms with van der Waals surface area (Å²) in [5.74, 6) is 1.08. The van der Waals surface area contributed by atoms with Gasteiger partial charge >= 0.3 is 0 Å². The number of benzene rings is 1. The van der Waals surface area contributed by atoms with Gasteiger partial charge in [0, 0.05) is 19.1 Å². The van der Waals surface area contributed by atoms with Crippen molar-refractivity contribution in [1.29, 1.82) is 0 Å². The molecule has 3 rings (SSSR count). The second kappa shape index (κ2) is 5.61. The summed E-state index contributed by atoms with van der Waals surface area (Å²) < 4.78 is 5.56. The zero-order valence-corrected chi connectivity index (χ0v) is 12.9. The topological polar surface area (TPSA) is 12.5 Å². The van der Waals surface area contributed by atoms with Gasteiger partial charge in [-0.25, -0.2) is 0 Å². The minimum absolute atomic E-state index is 0.682. The van der Waals surface area contributed by atoms with Crippen LogP contribution in [0, 0.1) is 0 Å². The summed E-state index contributed by atoms with van der Waals surface area (Å²) in [4.78, 5) is 2.68. The summed E-state index contributed by atoms with van der Waals surface area (Å²) in [6, 6.07) is 7.17. The van der Waals surface area contributed by atoms with Crippen LogP contribution >= 0.6 is 0 Å². The van der Waals surface area contributed by atoms with E-state index in [1.54, 1.807) is 18.3 Å². The van der Waals surface area contributed by atoms with Crippen LogP contribution in [0.15, 0.2) is 29.3 Å². The van der Waals surface area contributed by atoms with Crippen molar-refractivity contribution in [1.82, 2.24) is 4.90 Å². The van der Waals surface area contributed by atoms with E-state index in [9.17, 15) is 0 Å². The third-order valence-corrected chi connectivity index (χ3v) is 5.10. The molecule has 1 heterocycles.